The smallest absolute Gasteiger partial charge is 0.321 e. The molecule has 2 aliphatic rings. The van der Waals surface area contributed by atoms with Gasteiger partial charge in [-0.05, 0) is 62.1 Å². The Morgan fingerprint density at radius 2 is 1.66 bits per heavy atom. The molecule has 2 saturated carbocycles. The van der Waals surface area contributed by atoms with Crippen molar-refractivity contribution < 1.29 is 14.8 Å². The van der Waals surface area contributed by atoms with Crippen molar-refractivity contribution in [3.63, 3.8) is 0 Å². The SMILES string of the molecule is C1CCC(NC2CCCCC2)CC1.CSCCC(NSc1ccccc1[N+](=O)[O-])C(=O)O. The predicted molar refractivity (Wildman–Crippen MR) is 133 cm³/mol. The number of carboxylic acids is 1. The van der Waals surface area contributed by atoms with Crippen LogP contribution in [0.5, 0.6) is 0 Å². The van der Waals surface area contributed by atoms with E-state index in [0.717, 1.165) is 24.0 Å². The molecular formula is C23H37N3O4S2. The van der Waals surface area contributed by atoms with Gasteiger partial charge in [0.1, 0.15) is 10.9 Å². The molecule has 1 aromatic carbocycles. The highest BCUT2D eigenvalue weighted by Crippen LogP contribution is 2.27. The Kier molecular flexibility index (Phi) is 13.1. The standard InChI is InChI=1S/C12H23N.C11H14N2O4S2/c1-3-7-11(8-4-1)13-12-9-5-2-6-10-12;1-18-7-6-8(11(14)15)12-19-10-5-3-2-4-9(10)13(16)17/h11-13H,1-10H2;2-5,8,12H,6-7H2,1H3,(H,14,15). The van der Waals surface area contributed by atoms with Gasteiger partial charge in [-0.2, -0.15) is 11.8 Å². The number of nitro benzene ring substituents is 1. The second-order valence-corrected chi connectivity index (χ2v) is 10.3. The Bertz CT molecular complexity index is 680. The summed E-state index contributed by atoms with van der Waals surface area (Å²) in [6.07, 6.45) is 16.9. The van der Waals surface area contributed by atoms with Gasteiger partial charge in [0.2, 0.25) is 0 Å². The Morgan fingerprint density at radius 3 is 2.16 bits per heavy atom. The van der Waals surface area contributed by atoms with Crippen LogP contribution < -0.4 is 10.0 Å². The molecule has 0 aliphatic heterocycles. The molecule has 1 atom stereocenters. The van der Waals surface area contributed by atoms with Crippen LogP contribution in [-0.2, 0) is 4.79 Å². The maximum atomic E-state index is 11.0. The van der Waals surface area contributed by atoms with Crippen molar-refractivity contribution in [3.8, 4) is 0 Å². The highest BCUT2D eigenvalue weighted by molar-refractivity contribution is 7.98. The van der Waals surface area contributed by atoms with Gasteiger partial charge in [-0.3, -0.25) is 14.9 Å². The Morgan fingerprint density at radius 1 is 1.09 bits per heavy atom. The number of carbonyl (C=O) groups is 1. The lowest BCUT2D eigenvalue weighted by atomic mass is 9.91. The van der Waals surface area contributed by atoms with E-state index < -0.39 is 16.9 Å². The fraction of sp³-hybridized carbons (Fsp3) is 0.696. The number of aliphatic carboxylic acids is 1. The van der Waals surface area contributed by atoms with Crippen molar-refractivity contribution in [2.75, 3.05) is 12.0 Å². The number of rotatable bonds is 10. The molecule has 3 rings (SSSR count). The second kappa shape index (κ2) is 15.5. The topological polar surface area (TPSA) is 105 Å². The molecule has 1 unspecified atom stereocenters. The maximum Gasteiger partial charge on any atom is 0.321 e. The minimum Gasteiger partial charge on any atom is -0.480 e. The molecule has 2 fully saturated rings. The summed E-state index contributed by atoms with van der Waals surface area (Å²) >= 11 is 2.54. The van der Waals surface area contributed by atoms with Gasteiger partial charge in [0, 0.05) is 18.2 Å². The first-order chi connectivity index (χ1) is 15.5. The first-order valence-electron chi connectivity index (χ1n) is 11.6. The first-order valence-corrected chi connectivity index (χ1v) is 13.9. The van der Waals surface area contributed by atoms with E-state index in [2.05, 4.69) is 10.0 Å². The summed E-state index contributed by atoms with van der Waals surface area (Å²) in [7, 11) is 0. The zero-order chi connectivity index (χ0) is 23.2. The van der Waals surface area contributed by atoms with Crippen LogP contribution in [0.2, 0.25) is 0 Å². The average Bonchev–Trinajstić information content (AvgIpc) is 2.81. The molecule has 0 amide bonds. The van der Waals surface area contributed by atoms with Crippen molar-refractivity contribution in [1.29, 1.82) is 0 Å². The van der Waals surface area contributed by atoms with Crippen LogP contribution in [0.3, 0.4) is 0 Å². The molecule has 3 N–H and O–H groups in total. The average molecular weight is 484 g/mol. The lowest BCUT2D eigenvalue weighted by molar-refractivity contribution is -0.387. The predicted octanol–water partition coefficient (Wildman–Crippen LogP) is 5.64. The normalized spacial score (nSPS) is 18.4. The molecule has 32 heavy (non-hydrogen) atoms. The van der Waals surface area contributed by atoms with Gasteiger partial charge < -0.3 is 10.4 Å². The summed E-state index contributed by atoms with van der Waals surface area (Å²) in [6, 6.07) is 7.25. The molecule has 180 valence electrons. The van der Waals surface area contributed by atoms with E-state index in [1.807, 2.05) is 6.26 Å². The van der Waals surface area contributed by atoms with E-state index in [1.54, 1.807) is 30.0 Å². The quantitative estimate of drug-likeness (QED) is 0.223. The molecule has 0 bridgehead atoms. The van der Waals surface area contributed by atoms with Crippen LogP contribution in [0.4, 0.5) is 5.69 Å². The Hall–Kier alpha value is -1.29. The van der Waals surface area contributed by atoms with Crippen molar-refractivity contribution in [2.24, 2.45) is 0 Å². The van der Waals surface area contributed by atoms with Gasteiger partial charge in [-0.25, -0.2) is 4.72 Å². The maximum absolute atomic E-state index is 11.0. The van der Waals surface area contributed by atoms with Gasteiger partial charge in [-0.1, -0.05) is 50.7 Å². The number of nitrogens with one attached hydrogen (secondary N) is 2. The monoisotopic (exact) mass is 483 g/mol. The summed E-state index contributed by atoms with van der Waals surface area (Å²) in [5, 5.41) is 23.7. The third kappa shape index (κ3) is 10.1. The highest BCUT2D eigenvalue weighted by Gasteiger charge is 2.20. The summed E-state index contributed by atoms with van der Waals surface area (Å²) in [4.78, 5) is 21.8. The lowest BCUT2D eigenvalue weighted by Crippen LogP contribution is -2.40. The van der Waals surface area contributed by atoms with E-state index in [-0.39, 0.29) is 5.69 Å². The second-order valence-electron chi connectivity index (χ2n) is 8.45. The number of nitrogens with zero attached hydrogens (tertiary/aromatic N) is 1. The van der Waals surface area contributed by atoms with Crippen LogP contribution in [0.1, 0.15) is 70.6 Å². The van der Waals surface area contributed by atoms with Crippen LogP contribution in [0.15, 0.2) is 29.2 Å². The van der Waals surface area contributed by atoms with Gasteiger partial charge in [0.25, 0.3) is 5.69 Å². The summed E-state index contributed by atoms with van der Waals surface area (Å²) in [5.41, 5.74) is -0.0333. The molecule has 0 aromatic heterocycles. The molecule has 0 spiro atoms. The van der Waals surface area contributed by atoms with E-state index in [9.17, 15) is 14.9 Å². The number of thioether (sulfide) groups is 1. The van der Waals surface area contributed by atoms with Gasteiger partial charge in [0.05, 0.1) is 4.92 Å². The molecule has 7 nitrogen and oxygen atoms in total. The summed E-state index contributed by atoms with van der Waals surface area (Å²) in [5.74, 6) is -0.248. The van der Waals surface area contributed by atoms with Crippen LogP contribution in [0, 0.1) is 10.1 Å². The van der Waals surface area contributed by atoms with Crippen molar-refractivity contribution >= 4 is 35.4 Å². The lowest BCUT2D eigenvalue weighted by Gasteiger charge is -2.30. The van der Waals surface area contributed by atoms with Crippen LogP contribution in [0.25, 0.3) is 0 Å². The molecule has 0 radical (unpaired) electrons. The zero-order valence-electron chi connectivity index (χ0n) is 19.0. The highest BCUT2D eigenvalue weighted by atomic mass is 32.2. The number of hydrogen-bond donors (Lipinski definition) is 3. The van der Waals surface area contributed by atoms with E-state index >= 15 is 0 Å². The Balaban J connectivity index is 0.000000242. The number of hydrogen-bond acceptors (Lipinski definition) is 7. The molecule has 9 heteroatoms. The first kappa shape index (κ1) is 27.0. The van der Waals surface area contributed by atoms with Crippen molar-refractivity contribution in [2.45, 2.75) is 93.7 Å². The molecule has 2 aliphatic carbocycles. The third-order valence-corrected chi connectivity index (χ3v) is 7.58. The number of carboxylic acid groups (broad SMARTS) is 1. The van der Waals surface area contributed by atoms with E-state index in [0.29, 0.717) is 17.1 Å². The minimum absolute atomic E-state index is 0.0333. The third-order valence-electron chi connectivity index (χ3n) is 5.96. The number of para-hydroxylation sites is 1. The summed E-state index contributed by atoms with van der Waals surface area (Å²) < 4.78 is 2.76. The van der Waals surface area contributed by atoms with Gasteiger partial charge in [-0.15, -0.1) is 0 Å². The van der Waals surface area contributed by atoms with Crippen LogP contribution in [-0.4, -0.2) is 46.1 Å². The number of benzene rings is 1. The van der Waals surface area contributed by atoms with Gasteiger partial charge >= 0.3 is 5.97 Å². The van der Waals surface area contributed by atoms with Crippen molar-refractivity contribution in [3.05, 3.63) is 34.4 Å². The zero-order valence-corrected chi connectivity index (χ0v) is 20.6. The minimum atomic E-state index is -0.958. The fourth-order valence-corrected chi connectivity index (χ4v) is 5.52. The van der Waals surface area contributed by atoms with Crippen molar-refractivity contribution in [1.82, 2.24) is 10.0 Å². The molecule has 0 saturated heterocycles. The van der Waals surface area contributed by atoms with E-state index in [1.165, 1.54) is 70.3 Å². The Labute approximate surface area is 200 Å². The van der Waals surface area contributed by atoms with Crippen LogP contribution >= 0.6 is 23.7 Å². The van der Waals surface area contributed by atoms with Gasteiger partial charge in [0.15, 0.2) is 0 Å². The number of nitro groups is 1. The molecular weight excluding hydrogens is 446 g/mol. The van der Waals surface area contributed by atoms with E-state index in [4.69, 9.17) is 5.11 Å². The summed E-state index contributed by atoms with van der Waals surface area (Å²) in [6.45, 7) is 0. The fourth-order valence-electron chi connectivity index (χ4n) is 4.17. The molecule has 1 aromatic rings. The largest absolute Gasteiger partial charge is 0.480 e. The molecule has 0 heterocycles.